The van der Waals surface area contributed by atoms with Crippen LogP contribution in [0.25, 0.3) is 0 Å². The molecule has 0 aliphatic heterocycles. The lowest BCUT2D eigenvalue weighted by molar-refractivity contribution is 1.46. The fraction of sp³-hybridized carbons (Fsp3) is 0.143. The standard InChI is InChI=1S/C7H5Cl3S/c1-11-7-5(9)3-2-4(8)6(7)10/h2-3H,1H3. The van der Waals surface area contributed by atoms with E-state index in [-0.39, 0.29) is 0 Å². The summed E-state index contributed by atoms with van der Waals surface area (Å²) in [4.78, 5) is 0.834. The maximum Gasteiger partial charge on any atom is 0.0743 e. The first-order chi connectivity index (χ1) is 5.16. The summed E-state index contributed by atoms with van der Waals surface area (Å²) in [5.41, 5.74) is 0. The van der Waals surface area contributed by atoms with Crippen molar-refractivity contribution in [2.45, 2.75) is 4.90 Å². The maximum atomic E-state index is 5.86. The van der Waals surface area contributed by atoms with Gasteiger partial charge in [0, 0.05) is 4.90 Å². The summed E-state index contributed by atoms with van der Waals surface area (Å²) in [6, 6.07) is 3.42. The third-order valence-corrected chi connectivity index (χ3v) is 3.38. The Bertz CT molecular complexity index is 273. The van der Waals surface area contributed by atoms with Gasteiger partial charge in [-0.25, -0.2) is 0 Å². The monoisotopic (exact) mass is 226 g/mol. The molecule has 0 spiro atoms. The average Bonchev–Trinajstić information content (AvgIpc) is 1.99. The molecule has 0 amide bonds. The molecule has 0 aromatic heterocycles. The van der Waals surface area contributed by atoms with Gasteiger partial charge in [-0.05, 0) is 18.4 Å². The third-order valence-electron chi connectivity index (χ3n) is 1.21. The Labute approximate surface area is 84.8 Å². The second kappa shape index (κ2) is 3.90. The van der Waals surface area contributed by atoms with Crippen LogP contribution in [0.1, 0.15) is 0 Å². The third kappa shape index (κ3) is 1.97. The topological polar surface area (TPSA) is 0 Å². The van der Waals surface area contributed by atoms with Crippen LogP contribution in [0.5, 0.6) is 0 Å². The molecule has 11 heavy (non-hydrogen) atoms. The van der Waals surface area contributed by atoms with E-state index in [2.05, 4.69) is 0 Å². The van der Waals surface area contributed by atoms with E-state index in [9.17, 15) is 0 Å². The van der Waals surface area contributed by atoms with Crippen molar-refractivity contribution in [1.82, 2.24) is 0 Å². The molecule has 4 heteroatoms. The van der Waals surface area contributed by atoms with Crippen molar-refractivity contribution in [3.8, 4) is 0 Å². The molecule has 0 bridgehead atoms. The summed E-state index contributed by atoms with van der Waals surface area (Å²) in [6.07, 6.45) is 1.91. The molecule has 0 N–H and O–H groups in total. The van der Waals surface area contributed by atoms with Gasteiger partial charge >= 0.3 is 0 Å². The van der Waals surface area contributed by atoms with E-state index in [1.54, 1.807) is 12.1 Å². The predicted molar refractivity (Wildman–Crippen MR) is 53.3 cm³/mol. The van der Waals surface area contributed by atoms with Gasteiger partial charge in [-0.15, -0.1) is 11.8 Å². The minimum Gasteiger partial charge on any atom is -0.126 e. The van der Waals surface area contributed by atoms with Crippen LogP contribution >= 0.6 is 46.6 Å². The van der Waals surface area contributed by atoms with Crippen molar-refractivity contribution in [1.29, 1.82) is 0 Å². The van der Waals surface area contributed by atoms with Crippen LogP contribution < -0.4 is 0 Å². The molecule has 0 unspecified atom stereocenters. The number of halogens is 3. The molecule has 0 aliphatic carbocycles. The van der Waals surface area contributed by atoms with Gasteiger partial charge in [0.25, 0.3) is 0 Å². The predicted octanol–water partition coefficient (Wildman–Crippen LogP) is 4.37. The Hall–Kier alpha value is 0.440. The Kier molecular flexibility index (Phi) is 3.38. The number of hydrogen-bond donors (Lipinski definition) is 0. The van der Waals surface area contributed by atoms with Crippen molar-refractivity contribution in [3.05, 3.63) is 27.2 Å². The molecule has 0 nitrogen and oxygen atoms in total. The minimum absolute atomic E-state index is 0.534. The van der Waals surface area contributed by atoms with Crippen molar-refractivity contribution >= 4 is 46.6 Å². The van der Waals surface area contributed by atoms with E-state index >= 15 is 0 Å². The Morgan fingerprint density at radius 3 is 2.09 bits per heavy atom. The summed E-state index contributed by atoms with van der Waals surface area (Å²) >= 11 is 18.9. The van der Waals surface area contributed by atoms with Crippen molar-refractivity contribution in [2.75, 3.05) is 6.26 Å². The van der Waals surface area contributed by atoms with Crippen LogP contribution in [0.4, 0.5) is 0 Å². The first kappa shape index (κ1) is 9.53. The number of thioether (sulfide) groups is 1. The van der Waals surface area contributed by atoms with E-state index < -0.39 is 0 Å². The average molecular weight is 228 g/mol. The van der Waals surface area contributed by atoms with Gasteiger partial charge in [0.05, 0.1) is 15.1 Å². The van der Waals surface area contributed by atoms with E-state index in [0.29, 0.717) is 15.1 Å². The summed E-state index contributed by atoms with van der Waals surface area (Å²) in [5.74, 6) is 0. The normalized spacial score (nSPS) is 10.2. The number of benzene rings is 1. The van der Waals surface area contributed by atoms with Gasteiger partial charge in [-0.3, -0.25) is 0 Å². The molecule has 0 radical (unpaired) electrons. The van der Waals surface area contributed by atoms with Crippen LogP contribution in [0.3, 0.4) is 0 Å². The fourth-order valence-corrected chi connectivity index (χ4v) is 2.29. The molecule has 0 fully saturated rings. The van der Waals surface area contributed by atoms with Crippen LogP contribution in [-0.2, 0) is 0 Å². The maximum absolute atomic E-state index is 5.86. The number of rotatable bonds is 1. The highest BCUT2D eigenvalue weighted by molar-refractivity contribution is 7.98. The summed E-state index contributed by atoms with van der Waals surface area (Å²) < 4.78 is 0. The molecular formula is C7H5Cl3S. The van der Waals surface area contributed by atoms with Crippen LogP contribution in [0.2, 0.25) is 15.1 Å². The van der Waals surface area contributed by atoms with E-state index in [1.165, 1.54) is 11.8 Å². The highest BCUT2D eigenvalue weighted by atomic mass is 35.5. The smallest absolute Gasteiger partial charge is 0.0743 e. The molecule has 0 saturated carbocycles. The molecule has 0 saturated heterocycles. The van der Waals surface area contributed by atoms with Gasteiger partial charge in [0.1, 0.15) is 0 Å². The highest BCUT2D eigenvalue weighted by Crippen LogP contribution is 2.37. The second-order valence-corrected chi connectivity index (χ2v) is 3.89. The summed E-state index contributed by atoms with van der Waals surface area (Å²) in [6.45, 7) is 0. The van der Waals surface area contributed by atoms with Crippen molar-refractivity contribution < 1.29 is 0 Å². The largest absolute Gasteiger partial charge is 0.126 e. The Morgan fingerprint density at radius 1 is 1.09 bits per heavy atom. The SMILES string of the molecule is CSc1c(Cl)ccc(Cl)c1Cl. The molecule has 60 valence electrons. The molecular weight excluding hydrogens is 223 g/mol. The van der Waals surface area contributed by atoms with Crippen LogP contribution in [0.15, 0.2) is 17.0 Å². The molecule has 1 rings (SSSR count). The van der Waals surface area contributed by atoms with Gasteiger partial charge in [0.2, 0.25) is 0 Å². The minimum atomic E-state index is 0.534. The summed E-state index contributed by atoms with van der Waals surface area (Å²) in [7, 11) is 0. The van der Waals surface area contributed by atoms with Gasteiger partial charge in [-0.1, -0.05) is 34.8 Å². The second-order valence-electron chi connectivity index (χ2n) is 1.88. The molecule has 0 aliphatic rings. The zero-order valence-corrected chi connectivity index (χ0v) is 8.78. The molecule has 1 aromatic carbocycles. The Balaban J connectivity index is 3.29. The summed E-state index contributed by atoms with van der Waals surface area (Å²) in [5, 5.41) is 1.72. The van der Waals surface area contributed by atoms with Crippen LogP contribution in [0, 0.1) is 0 Å². The number of hydrogen-bond acceptors (Lipinski definition) is 1. The zero-order chi connectivity index (χ0) is 8.43. The lowest BCUT2D eigenvalue weighted by Gasteiger charge is -2.03. The van der Waals surface area contributed by atoms with Gasteiger partial charge in [0.15, 0.2) is 0 Å². The van der Waals surface area contributed by atoms with E-state index in [4.69, 9.17) is 34.8 Å². The quantitative estimate of drug-likeness (QED) is 0.507. The van der Waals surface area contributed by atoms with Gasteiger partial charge < -0.3 is 0 Å². The van der Waals surface area contributed by atoms with E-state index in [1.807, 2.05) is 6.26 Å². The first-order valence-corrected chi connectivity index (χ1v) is 5.20. The lowest BCUT2D eigenvalue weighted by atomic mass is 10.4. The molecule has 1 aromatic rings. The zero-order valence-electron chi connectivity index (χ0n) is 5.70. The first-order valence-electron chi connectivity index (χ1n) is 2.84. The van der Waals surface area contributed by atoms with Crippen molar-refractivity contribution in [2.24, 2.45) is 0 Å². The lowest BCUT2D eigenvalue weighted by Crippen LogP contribution is -1.76. The molecule has 0 heterocycles. The van der Waals surface area contributed by atoms with Crippen molar-refractivity contribution in [3.63, 3.8) is 0 Å². The Morgan fingerprint density at radius 2 is 1.64 bits per heavy atom. The molecule has 0 atom stereocenters. The fourth-order valence-electron chi connectivity index (χ4n) is 0.696. The highest BCUT2D eigenvalue weighted by Gasteiger charge is 2.07. The van der Waals surface area contributed by atoms with Gasteiger partial charge in [-0.2, -0.15) is 0 Å². The van der Waals surface area contributed by atoms with E-state index in [0.717, 1.165) is 4.90 Å². The van der Waals surface area contributed by atoms with Crippen LogP contribution in [-0.4, -0.2) is 6.26 Å².